The number of para-hydroxylation sites is 1. The quantitative estimate of drug-likeness (QED) is 0.437. The Morgan fingerprint density at radius 1 is 1.00 bits per heavy atom. The van der Waals surface area contributed by atoms with Gasteiger partial charge in [0.1, 0.15) is 10.6 Å². The van der Waals surface area contributed by atoms with Crippen LogP contribution in [0.5, 0.6) is 0 Å². The molecule has 0 atom stereocenters. The molecule has 164 valence electrons. The second-order valence-electron chi connectivity index (χ2n) is 7.11. The number of rotatable bonds is 5. The van der Waals surface area contributed by atoms with Crippen LogP contribution in [0.25, 0.3) is 10.9 Å². The van der Waals surface area contributed by atoms with Crippen molar-refractivity contribution in [3.8, 4) is 11.8 Å². The number of hydrogen-bond acceptors (Lipinski definition) is 5. The molecule has 4 aromatic rings. The Labute approximate surface area is 191 Å². The minimum absolute atomic E-state index is 0.0800. The Morgan fingerprint density at radius 2 is 1.82 bits per heavy atom. The van der Waals surface area contributed by atoms with Gasteiger partial charge in [-0.1, -0.05) is 43.0 Å². The number of fused-ring (bicyclic) bond motifs is 1. The number of nitrogens with one attached hydrogen (secondary N) is 1. The minimum Gasteiger partial charge on any atom is -0.477 e. The third-order valence-corrected chi connectivity index (χ3v) is 6.39. The Morgan fingerprint density at radius 3 is 2.55 bits per heavy atom. The zero-order chi connectivity index (χ0) is 23.4. The van der Waals surface area contributed by atoms with E-state index in [9.17, 15) is 13.2 Å². The first-order valence-corrected chi connectivity index (χ1v) is 11.6. The first-order valence-electron chi connectivity index (χ1n) is 10.1. The predicted octanol–water partition coefficient (Wildman–Crippen LogP) is 4.09. The van der Waals surface area contributed by atoms with Crippen LogP contribution in [0.4, 0.5) is 5.69 Å². The third kappa shape index (κ3) is 4.68. The SMILES string of the molecule is CCc1ccc(S(=O)(=O)Nc2ccccc2C#Cc2ccc(C(=O)O)nc2)c2ncccc12. The van der Waals surface area contributed by atoms with Crippen molar-refractivity contribution in [2.75, 3.05) is 4.72 Å². The highest BCUT2D eigenvalue weighted by atomic mass is 32.2. The van der Waals surface area contributed by atoms with Crippen molar-refractivity contribution in [2.45, 2.75) is 18.2 Å². The van der Waals surface area contributed by atoms with Gasteiger partial charge in [-0.3, -0.25) is 9.71 Å². The van der Waals surface area contributed by atoms with E-state index in [0.29, 0.717) is 22.3 Å². The number of pyridine rings is 2. The molecule has 0 radical (unpaired) electrons. The molecule has 0 aliphatic carbocycles. The molecule has 0 spiro atoms. The summed E-state index contributed by atoms with van der Waals surface area (Å²) < 4.78 is 29.2. The van der Waals surface area contributed by atoms with Crippen LogP contribution in [0, 0.1) is 11.8 Å². The molecule has 0 fully saturated rings. The lowest BCUT2D eigenvalue weighted by molar-refractivity contribution is 0.0690. The van der Waals surface area contributed by atoms with Gasteiger partial charge in [-0.2, -0.15) is 0 Å². The van der Waals surface area contributed by atoms with E-state index in [-0.39, 0.29) is 10.6 Å². The number of nitrogens with zero attached hydrogens (tertiary/aromatic N) is 2. The molecule has 0 saturated carbocycles. The van der Waals surface area contributed by atoms with E-state index in [2.05, 4.69) is 26.5 Å². The first kappa shape index (κ1) is 22.0. The standard InChI is InChI=1S/C25H19N3O4S/c1-2-18-12-14-23(24-20(18)7-5-15-26-24)33(31,32)28-21-8-4-3-6-19(21)11-9-17-10-13-22(25(29)30)27-16-17/h3-8,10,12-16,28H,2H2,1H3,(H,29,30). The summed E-state index contributed by atoms with van der Waals surface area (Å²) >= 11 is 0. The summed E-state index contributed by atoms with van der Waals surface area (Å²) in [4.78, 5) is 19.2. The molecule has 0 aliphatic rings. The molecular weight excluding hydrogens is 438 g/mol. The maximum atomic E-state index is 13.3. The van der Waals surface area contributed by atoms with Crippen molar-refractivity contribution in [1.82, 2.24) is 9.97 Å². The number of anilines is 1. The molecular formula is C25H19N3O4S. The maximum absolute atomic E-state index is 13.3. The zero-order valence-corrected chi connectivity index (χ0v) is 18.4. The fourth-order valence-electron chi connectivity index (χ4n) is 3.35. The molecule has 4 rings (SSSR count). The molecule has 0 aliphatic heterocycles. The van der Waals surface area contributed by atoms with Crippen molar-refractivity contribution in [3.63, 3.8) is 0 Å². The average molecular weight is 458 g/mol. The fraction of sp³-hybridized carbons (Fsp3) is 0.0800. The lowest BCUT2D eigenvalue weighted by Gasteiger charge is -2.13. The second kappa shape index (κ2) is 9.10. The topological polar surface area (TPSA) is 109 Å². The van der Waals surface area contributed by atoms with Crippen LogP contribution in [-0.4, -0.2) is 29.5 Å². The number of carboxylic acid groups (broad SMARTS) is 1. The van der Waals surface area contributed by atoms with Crippen LogP contribution in [0.3, 0.4) is 0 Å². The largest absolute Gasteiger partial charge is 0.477 e. The molecule has 7 nitrogen and oxygen atoms in total. The normalized spacial score (nSPS) is 10.9. The van der Waals surface area contributed by atoms with Crippen LogP contribution >= 0.6 is 0 Å². The van der Waals surface area contributed by atoms with E-state index in [4.69, 9.17) is 5.11 Å². The van der Waals surface area contributed by atoms with Gasteiger partial charge in [0.25, 0.3) is 10.0 Å². The van der Waals surface area contributed by atoms with Crippen molar-refractivity contribution in [3.05, 3.63) is 95.4 Å². The van der Waals surface area contributed by atoms with Crippen LogP contribution in [0.2, 0.25) is 0 Å². The molecule has 0 bridgehead atoms. The highest BCUT2D eigenvalue weighted by Gasteiger charge is 2.20. The number of carbonyl (C=O) groups is 1. The lowest BCUT2D eigenvalue weighted by atomic mass is 10.1. The van der Waals surface area contributed by atoms with Crippen molar-refractivity contribution >= 4 is 32.6 Å². The van der Waals surface area contributed by atoms with E-state index >= 15 is 0 Å². The minimum atomic E-state index is -3.94. The summed E-state index contributed by atoms with van der Waals surface area (Å²) in [5.74, 6) is 4.69. The lowest BCUT2D eigenvalue weighted by Crippen LogP contribution is -2.15. The van der Waals surface area contributed by atoms with Gasteiger partial charge in [0.15, 0.2) is 0 Å². The Kier molecular flexibility index (Phi) is 6.07. The molecule has 2 heterocycles. The van der Waals surface area contributed by atoms with E-state index in [1.807, 2.05) is 13.0 Å². The van der Waals surface area contributed by atoms with Gasteiger partial charge < -0.3 is 5.11 Å². The molecule has 0 unspecified atom stereocenters. The van der Waals surface area contributed by atoms with Gasteiger partial charge in [0, 0.05) is 28.9 Å². The molecule has 2 N–H and O–H groups in total. The summed E-state index contributed by atoms with van der Waals surface area (Å²) in [5.41, 5.74) is 2.64. The summed E-state index contributed by atoms with van der Waals surface area (Å²) in [5, 5.41) is 9.75. The van der Waals surface area contributed by atoms with Gasteiger partial charge in [-0.25, -0.2) is 18.2 Å². The van der Waals surface area contributed by atoms with Crippen molar-refractivity contribution < 1.29 is 18.3 Å². The number of aromatic nitrogens is 2. The van der Waals surface area contributed by atoms with Crippen LogP contribution in [0.15, 0.2) is 78.0 Å². The molecule has 33 heavy (non-hydrogen) atoms. The molecule has 2 aromatic heterocycles. The Hall–Kier alpha value is -4.22. The second-order valence-corrected chi connectivity index (χ2v) is 8.77. The van der Waals surface area contributed by atoms with E-state index in [1.165, 1.54) is 12.3 Å². The summed E-state index contributed by atoms with van der Waals surface area (Å²) in [6, 6.07) is 16.7. The summed E-state index contributed by atoms with van der Waals surface area (Å²) in [6.45, 7) is 2.01. The first-order chi connectivity index (χ1) is 15.9. The summed E-state index contributed by atoms with van der Waals surface area (Å²) in [6.07, 6.45) is 3.69. The van der Waals surface area contributed by atoms with E-state index < -0.39 is 16.0 Å². The number of hydrogen-bond donors (Lipinski definition) is 2. The maximum Gasteiger partial charge on any atom is 0.354 e. The van der Waals surface area contributed by atoms with Gasteiger partial charge >= 0.3 is 5.97 Å². The van der Waals surface area contributed by atoms with Crippen molar-refractivity contribution in [2.24, 2.45) is 0 Å². The van der Waals surface area contributed by atoms with Gasteiger partial charge in [0.05, 0.1) is 11.2 Å². The number of carboxylic acids is 1. The molecule has 2 aromatic carbocycles. The van der Waals surface area contributed by atoms with Gasteiger partial charge in [-0.15, -0.1) is 0 Å². The predicted molar refractivity (Wildman–Crippen MR) is 126 cm³/mol. The Balaban J connectivity index is 1.69. The van der Waals surface area contributed by atoms with Gasteiger partial charge in [-0.05, 0) is 48.4 Å². The fourth-order valence-corrected chi connectivity index (χ4v) is 4.59. The number of aryl methyl sites for hydroxylation is 1. The van der Waals surface area contributed by atoms with Crippen molar-refractivity contribution in [1.29, 1.82) is 0 Å². The van der Waals surface area contributed by atoms with Gasteiger partial charge in [0.2, 0.25) is 0 Å². The third-order valence-electron chi connectivity index (χ3n) is 4.99. The molecule has 0 saturated heterocycles. The summed E-state index contributed by atoms with van der Waals surface area (Å²) in [7, 11) is -3.94. The highest BCUT2D eigenvalue weighted by Crippen LogP contribution is 2.27. The van der Waals surface area contributed by atoms with Crippen LogP contribution in [0.1, 0.15) is 34.1 Å². The van der Waals surface area contributed by atoms with Crippen LogP contribution < -0.4 is 4.72 Å². The Bertz CT molecular complexity index is 1520. The zero-order valence-electron chi connectivity index (χ0n) is 17.6. The monoisotopic (exact) mass is 457 g/mol. The molecule has 8 heteroatoms. The number of benzene rings is 2. The number of sulfonamides is 1. The highest BCUT2D eigenvalue weighted by molar-refractivity contribution is 7.93. The number of aromatic carboxylic acids is 1. The smallest absolute Gasteiger partial charge is 0.354 e. The molecule has 0 amide bonds. The average Bonchev–Trinajstić information content (AvgIpc) is 2.82. The van der Waals surface area contributed by atoms with E-state index in [1.54, 1.807) is 54.7 Å². The van der Waals surface area contributed by atoms with E-state index in [0.717, 1.165) is 17.4 Å². The van der Waals surface area contributed by atoms with Crippen LogP contribution in [-0.2, 0) is 16.4 Å².